The number of hydrogen-bond acceptors (Lipinski definition) is 4. The number of aryl methyl sites for hydroxylation is 2. The second kappa shape index (κ2) is 6.94. The number of hydrogen-bond donors (Lipinski definition) is 0. The lowest BCUT2D eigenvalue weighted by Crippen LogP contribution is -2.23. The average molecular weight is 457 g/mol. The predicted octanol–water partition coefficient (Wildman–Crippen LogP) is 3.11. The van der Waals surface area contributed by atoms with Crippen LogP contribution in [0.5, 0.6) is 5.75 Å². The fraction of sp³-hybridized carbons (Fsp3) is 0.188. The molecular weight excluding hydrogens is 443 g/mol. The first-order chi connectivity index (χ1) is 11.5. The van der Waals surface area contributed by atoms with Crippen LogP contribution in [-0.4, -0.2) is 19.8 Å². The molecule has 8 heteroatoms. The zero-order valence-corrected chi connectivity index (χ0v) is 15.9. The van der Waals surface area contributed by atoms with Gasteiger partial charge >= 0.3 is 5.69 Å². The first-order valence-corrected chi connectivity index (χ1v) is 8.59. The lowest BCUT2D eigenvalue weighted by atomic mass is 10.2. The van der Waals surface area contributed by atoms with E-state index in [0.717, 1.165) is 14.7 Å². The zero-order chi connectivity index (χ0) is 17.3. The van der Waals surface area contributed by atoms with Gasteiger partial charge < -0.3 is 4.74 Å². The van der Waals surface area contributed by atoms with E-state index in [1.54, 1.807) is 13.1 Å². The molecule has 1 heterocycles. The summed E-state index contributed by atoms with van der Waals surface area (Å²) in [6.45, 7) is 2.24. The van der Waals surface area contributed by atoms with E-state index in [-0.39, 0.29) is 12.3 Å². The van der Waals surface area contributed by atoms with Gasteiger partial charge in [-0.25, -0.2) is 4.79 Å². The molecule has 0 saturated heterocycles. The quantitative estimate of drug-likeness (QED) is 0.566. The highest BCUT2D eigenvalue weighted by atomic mass is 127. The summed E-state index contributed by atoms with van der Waals surface area (Å²) in [6, 6.07) is 11.2. The molecule has 0 aliphatic rings. The Labute approximate surface area is 157 Å². The molecule has 6 nitrogen and oxygen atoms in total. The Morgan fingerprint density at radius 2 is 2.04 bits per heavy atom. The highest BCUT2D eigenvalue weighted by Crippen LogP contribution is 2.28. The summed E-state index contributed by atoms with van der Waals surface area (Å²) in [5, 5.41) is 8.21. The summed E-state index contributed by atoms with van der Waals surface area (Å²) in [4.78, 5) is 12.1. The van der Waals surface area contributed by atoms with Crippen molar-refractivity contribution in [2.24, 2.45) is 7.05 Å². The van der Waals surface area contributed by atoms with Crippen molar-refractivity contribution < 1.29 is 4.74 Å². The highest BCUT2D eigenvalue weighted by Gasteiger charge is 2.14. The van der Waals surface area contributed by atoms with Crippen molar-refractivity contribution in [3.05, 3.63) is 66.6 Å². The van der Waals surface area contributed by atoms with Crippen LogP contribution >= 0.6 is 34.2 Å². The largest absolute Gasteiger partial charge is 0.487 e. The average Bonchev–Trinajstić information content (AvgIpc) is 2.88. The summed E-state index contributed by atoms with van der Waals surface area (Å²) in [5.41, 5.74) is 2.23. The van der Waals surface area contributed by atoms with Gasteiger partial charge in [-0.1, -0.05) is 23.7 Å². The number of ether oxygens (including phenoxy) is 1. The second-order valence-corrected chi connectivity index (χ2v) is 6.83. The molecule has 0 spiro atoms. The zero-order valence-electron chi connectivity index (χ0n) is 13.0. The van der Waals surface area contributed by atoms with Gasteiger partial charge in [-0.3, -0.25) is 0 Å². The standard InChI is InChI=1S/C16H14ClIN4O2/c1-10-6-7-12(17)15(8-10)24-9-11-13(18)4-3-5-14(11)22-16(23)21(2)19-20-22/h3-8H,9H2,1-2H3. The van der Waals surface area contributed by atoms with Gasteiger partial charge in [-0.2, -0.15) is 9.36 Å². The number of nitrogens with zero attached hydrogens (tertiary/aromatic N) is 4. The first-order valence-electron chi connectivity index (χ1n) is 7.13. The predicted molar refractivity (Wildman–Crippen MR) is 99.8 cm³/mol. The molecule has 124 valence electrons. The van der Waals surface area contributed by atoms with Crippen molar-refractivity contribution in [2.75, 3.05) is 0 Å². The fourth-order valence-corrected chi connectivity index (χ4v) is 3.04. The minimum atomic E-state index is -0.313. The van der Waals surface area contributed by atoms with Crippen LogP contribution in [-0.2, 0) is 13.7 Å². The van der Waals surface area contributed by atoms with Crippen LogP contribution in [0.1, 0.15) is 11.1 Å². The van der Waals surface area contributed by atoms with Crippen molar-refractivity contribution in [3.8, 4) is 11.4 Å². The monoisotopic (exact) mass is 456 g/mol. The van der Waals surface area contributed by atoms with E-state index in [4.69, 9.17) is 16.3 Å². The Morgan fingerprint density at radius 1 is 1.25 bits per heavy atom. The Kier molecular flexibility index (Phi) is 4.91. The molecule has 0 aliphatic carbocycles. The Morgan fingerprint density at radius 3 is 2.75 bits per heavy atom. The second-order valence-electron chi connectivity index (χ2n) is 5.26. The maximum absolute atomic E-state index is 12.1. The van der Waals surface area contributed by atoms with E-state index in [1.165, 1.54) is 9.36 Å². The van der Waals surface area contributed by atoms with Gasteiger partial charge in [0, 0.05) is 16.2 Å². The van der Waals surface area contributed by atoms with Gasteiger partial charge in [0.25, 0.3) is 0 Å². The van der Waals surface area contributed by atoms with E-state index >= 15 is 0 Å². The number of aromatic nitrogens is 4. The minimum absolute atomic E-state index is 0.265. The van der Waals surface area contributed by atoms with Gasteiger partial charge in [-0.15, -0.1) is 0 Å². The van der Waals surface area contributed by atoms with Gasteiger partial charge in [0.1, 0.15) is 12.4 Å². The molecule has 0 saturated carbocycles. The molecule has 1 aromatic heterocycles. The Hall–Kier alpha value is -1.87. The molecule has 3 aromatic rings. The summed E-state index contributed by atoms with van der Waals surface area (Å²) in [6.07, 6.45) is 0. The molecule has 3 rings (SSSR count). The molecule has 2 aromatic carbocycles. The maximum Gasteiger partial charge on any atom is 0.368 e. The lowest BCUT2D eigenvalue weighted by molar-refractivity contribution is 0.304. The fourth-order valence-electron chi connectivity index (χ4n) is 2.22. The van der Waals surface area contributed by atoms with Crippen molar-refractivity contribution in [3.63, 3.8) is 0 Å². The van der Waals surface area contributed by atoms with Crippen molar-refractivity contribution >= 4 is 34.2 Å². The first kappa shape index (κ1) is 17.0. The lowest BCUT2D eigenvalue weighted by Gasteiger charge is -2.13. The molecular formula is C16H14ClIN4O2. The SMILES string of the molecule is Cc1ccc(Cl)c(OCc2c(I)cccc2-n2nnn(C)c2=O)c1. The number of halogens is 2. The van der Waals surface area contributed by atoms with Crippen LogP contribution in [0.3, 0.4) is 0 Å². The summed E-state index contributed by atoms with van der Waals surface area (Å²) in [5.74, 6) is 0.605. The highest BCUT2D eigenvalue weighted by molar-refractivity contribution is 14.1. The van der Waals surface area contributed by atoms with Crippen LogP contribution in [0, 0.1) is 10.5 Å². The van der Waals surface area contributed by atoms with Crippen LogP contribution in [0.4, 0.5) is 0 Å². The summed E-state index contributed by atoms with van der Waals surface area (Å²) < 4.78 is 9.30. The van der Waals surface area contributed by atoms with Crippen LogP contribution in [0.2, 0.25) is 5.02 Å². The molecule has 0 amide bonds. The number of tetrazole rings is 1. The topological polar surface area (TPSA) is 61.9 Å². The van der Waals surface area contributed by atoms with Crippen molar-refractivity contribution in [1.82, 2.24) is 19.8 Å². The number of rotatable bonds is 4. The molecule has 0 aliphatic heterocycles. The van der Waals surface area contributed by atoms with Crippen LogP contribution in [0.15, 0.2) is 41.2 Å². The molecule has 0 bridgehead atoms. The molecule has 0 radical (unpaired) electrons. The summed E-state index contributed by atoms with van der Waals surface area (Å²) in [7, 11) is 1.56. The number of benzene rings is 2. The van der Waals surface area contributed by atoms with Gasteiger partial charge in [-0.05, 0) is 69.8 Å². The third-order valence-electron chi connectivity index (χ3n) is 3.50. The van der Waals surface area contributed by atoms with E-state index < -0.39 is 0 Å². The van der Waals surface area contributed by atoms with Gasteiger partial charge in [0.2, 0.25) is 0 Å². The van der Waals surface area contributed by atoms with E-state index in [9.17, 15) is 4.79 Å². The van der Waals surface area contributed by atoms with Gasteiger partial charge in [0.15, 0.2) is 0 Å². The summed E-state index contributed by atoms with van der Waals surface area (Å²) >= 11 is 8.39. The van der Waals surface area contributed by atoms with Crippen LogP contribution in [0.25, 0.3) is 5.69 Å². The van der Waals surface area contributed by atoms with Gasteiger partial charge in [0.05, 0.1) is 10.7 Å². The van der Waals surface area contributed by atoms with Crippen molar-refractivity contribution in [2.45, 2.75) is 13.5 Å². The minimum Gasteiger partial charge on any atom is -0.487 e. The third-order valence-corrected chi connectivity index (χ3v) is 4.83. The molecule has 0 atom stereocenters. The molecule has 0 unspecified atom stereocenters. The van der Waals surface area contributed by atoms with E-state index in [1.807, 2.05) is 37.3 Å². The Balaban J connectivity index is 1.98. The molecule has 0 N–H and O–H groups in total. The Bertz CT molecular complexity index is 951. The maximum atomic E-state index is 12.1. The molecule has 0 fully saturated rings. The third kappa shape index (κ3) is 3.32. The smallest absolute Gasteiger partial charge is 0.368 e. The van der Waals surface area contributed by atoms with E-state index in [0.29, 0.717) is 16.5 Å². The van der Waals surface area contributed by atoms with Crippen molar-refractivity contribution in [1.29, 1.82) is 0 Å². The van der Waals surface area contributed by atoms with Crippen LogP contribution < -0.4 is 10.4 Å². The normalized spacial score (nSPS) is 10.8. The van der Waals surface area contributed by atoms with E-state index in [2.05, 4.69) is 33.0 Å². The molecule has 24 heavy (non-hydrogen) atoms.